The van der Waals surface area contributed by atoms with Crippen molar-refractivity contribution in [2.75, 3.05) is 0 Å². The Hall–Kier alpha value is -0.610. The molecule has 0 aliphatic heterocycles. The molecule has 4 nitrogen and oxygen atoms in total. The van der Waals surface area contributed by atoms with Crippen molar-refractivity contribution in [2.45, 2.75) is 31.9 Å². The van der Waals surface area contributed by atoms with Gasteiger partial charge in [0.25, 0.3) is 0 Å². The summed E-state index contributed by atoms with van der Waals surface area (Å²) in [4.78, 5) is 10.3. The number of carboxylic acid groups (broad SMARTS) is 1. The zero-order valence-corrected chi connectivity index (χ0v) is 6.16. The minimum absolute atomic E-state index is 0.0718. The van der Waals surface area contributed by atoms with Gasteiger partial charge in [-0.25, -0.2) is 0 Å². The summed E-state index contributed by atoms with van der Waals surface area (Å²) in [5.41, 5.74) is 3.99. The maximum atomic E-state index is 10.3. The van der Waals surface area contributed by atoms with Gasteiger partial charge in [-0.3, -0.25) is 4.79 Å². The van der Waals surface area contributed by atoms with Gasteiger partial charge in [0.15, 0.2) is 0 Å². The first-order valence-electron chi connectivity index (χ1n) is 3.06. The van der Waals surface area contributed by atoms with E-state index < -0.39 is 17.6 Å². The van der Waals surface area contributed by atoms with E-state index in [0.717, 1.165) is 0 Å². The molecular formula is C6H13NO3. The van der Waals surface area contributed by atoms with Crippen molar-refractivity contribution >= 4 is 5.97 Å². The third kappa shape index (κ3) is 2.80. The van der Waals surface area contributed by atoms with E-state index in [1.165, 1.54) is 13.8 Å². The molecule has 60 valence electrons. The average molecular weight is 147 g/mol. The third-order valence-corrected chi connectivity index (χ3v) is 1.21. The summed E-state index contributed by atoms with van der Waals surface area (Å²) in [5, 5.41) is 17.2. The molecule has 4 heteroatoms. The molecule has 0 aromatic rings. The fourth-order valence-corrected chi connectivity index (χ4v) is 0.701. The molecule has 2 atom stereocenters. The largest absolute Gasteiger partial charge is 0.480 e. The number of hydrogen-bond acceptors (Lipinski definition) is 3. The summed E-state index contributed by atoms with van der Waals surface area (Å²) in [5.74, 6) is -1.09. The molecule has 0 aliphatic carbocycles. The molecular weight excluding hydrogens is 134 g/mol. The first-order chi connectivity index (χ1) is 4.36. The van der Waals surface area contributed by atoms with Crippen LogP contribution >= 0.6 is 0 Å². The van der Waals surface area contributed by atoms with Gasteiger partial charge in [0, 0.05) is 6.42 Å². The quantitative estimate of drug-likeness (QED) is 0.505. The highest BCUT2D eigenvalue weighted by Gasteiger charge is 2.28. The summed E-state index contributed by atoms with van der Waals surface area (Å²) >= 11 is 0. The number of carboxylic acids is 1. The lowest BCUT2D eigenvalue weighted by Crippen LogP contribution is -2.46. The smallest absolute Gasteiger partial charge is 0.323 e. The van der Waals surface area contributed by atoms with E-state index >= 15 is 0 Å². The summed E-state index contributed by atoms with van der Waals surface area (Å²) in [6.45, 7) is 2.89. The molecule has 2 unspecified atom stereocenters. The molecule has 0 amide bonds. The van der Waals surface area contributed by atoms with Crippen molar-refractivity contribution in [1.82, 2.24) is 0 Å². The van der Waals surface area contributed by atoms with Crippen LogP contribution in [0.25, 0.3) is 0 Å². The van der Waals surface area contributed by atoms with Gasteiger partial charge in [-0.2, -0.15) is 0 Å². The van der Waals surface area contributed by atoms with Gasteiger partial charge < -0.3 is 15.9 Å². The molecule has 0 aliphatic rings. The normalized spacial score (nSPS) is 19.6. The number of rotatable bonds is 3. The second-order valence-electron chi connectivity index (χ2n) is 2.78. The van der Waals surface area contributed by atoms with Crippen molar-refractivity contribution in [1.29, 1.82) is 0 Å². The van der Waals surface area contributed by atoms with Gasteiger partial charge >= 0.3 is 5.97 Å². The molecule has 0 heterocycles. The van der Waals surface area contributed by atoms with Gasteiger partial charge in [-0.1, -0.05) is 0 Å². The highest BCUT2D eigenvalue weighted by molar-refractivity contribution is 5.77. The van der Waals surface area contributed by atoms with E-state index in [0.29, 0.717) is 0 Å². The highest BCUT2D eigenvalue weighted by Crippen LogP contribution is 2.08. The van der Waals surface area contributed by atoms with E-state index in [4.69, 9.17) is 15.9 Å². The Morgan fingerprint density at radius 1 is 1.80 bits per heavy atom. The fourth-order valence-electron chi connectivity index (χ4n) is 0.701. The molecule has 0 radical (unpaired) electrons. The zero-order chi connectivity index (χ0) is 8.36. The van der Waals surface area contributed by atoms with E-state index in [1.54, 1.807) is 0 Å². The van der Waals surface area contributed by atoms with Crippen molar-refractivity contribution in [3.63, 3.8) is 0 Å². The number of aliphatic hydroxyl groups excluding tert-OH is 1. The van der Waals surface area contributed by atoms with Gasteiger partial charge in [0.1, 0.15) is 5.54 Å². The molecule has 10 heavy (non-hydrogen) atoms. The van der Waals surface area contributed by atoms with Crippen LogP contribution in [-0.2, 0) is 4.79 Å². The summed E-state index contributed by atoms with van der Waals surface area (Å²) in [6, 6.07) is 0. The average Bonchev–Trinajstić information content (AvgIpc) is 1.60. The summed E-state index contributed by atoms with van der Waals surface area (Å²) in [6.07, 6.45) is -0.603. The molecule has 0 spiro atoms. The monoisotopic (exact) mass is 147 g/mol. The lowest BCUT2D eigenvalue weighted by molar-refractivity contribution is -0.143. The Labute approximate surface area is 59.7 Å². The van der Waals surface area contributed by atoms with Crippen LogP contribution in [0.3, 0.4) is 0 Å². The minimum atomic E-state index is -1.31. The first-order valence-corrected chi connectivity index (χ1v) is 3.06. The van der Waals surface area contributed by atoms with Gasteiger partial charge in [0.2, 0.25) is 0 Å². The predicted molar refractivity (Wildman–Crippen MR) is 36.5 cm³/mol. The van der Waals surface area contributed by atoms with Gasteiger partial charge in [0.05, 0.1) is 6.10 Å². The second kappa shape index (κ2) is 2.98. The van der Waals surface area contributed by atoms with Crippen LogP contribution < -0.4 is 5.73 Å². The maximum Gasteiger partial charge on any atom is 0.323 e. The van der Waals surface area contributed by atoms with E-state index in [2.05, 4.69) is 0 Å². The summed E-state index contributed by atoms with van der Waals surface area (Å²) < 4.78 is 0. The van der Waals surface area contributed by atoms with E-state index in [-0.39, 0.29) is 6.42 Å². The Kier molecular flexibility index (Phi) is 2.80. The van der Waals surface area contributed by atoms with Crippen LogP contribution in [-0.4, -0.2) is 27.8 Å². The van der Waals surface area contributed by atoms with Crippen molar-refractivity contribution in [3.05, 3.63) is 0 Å². The molecule has 0 aromatic carbocycles. The topological polar surface area (TPSA) is 83.5 Å². The standard InChI is InChI=1S/C6H13NO3/c1-4(8)3-6(2,7)5(9)10/h4,8H,3,7H2,1-2H3,(H,9,10). The zero-order valence-electron chi connectivity index (χ0n) is 6.16. The maximum absolute atomic E-state index is 10.3. The van der Waals surface area contributed by atoms with Crippen molar-refractivity contribution in [3.8, 4) is 0 Å². The van der Waals surface area contributed by atoms with Crippen LogP contribution in [0.4, 0.5) is 0 Å². The number of aliphatic carboxylic acids is 1. The number of nitrogens with two attached hydrogens (primary N) is 1. The fraction of sp³-hybridized carbons (Fsp3) is 0.833. The van der Waals surface area contributed by atoms with Gasteiger partial charge in [-0.15, -0.1) is 0 Å². The summed E-state index contributed by atoms with van der Waals surface area (Å²) in [7, 11) is 0. The van der Waals surface area contributed by atoms with E-state index in [1.807, 2.05) is 0 Å². The molecule has 4 N–H and O–H groups in total. The Morgan fingerprint density at radius 2 is 2.20 bits per heavy atom. The predicted octanol–water partition coefficient (Wildman–Crippen LogP) is -0.441. The third-order valence-electron chi connectivity index (χ3n) is 1.21. The van der Waals surface area contributed by atoms with Crippen LogP contribution in [0.2, 0.25) is 0 Å². The minimum Gasteiger partial charge on any atom is -0.480 e. The lowest BCUT2D eigenvalue weighted by atomic mass is 9.97. The Bertz CT molecular complexity index is 131. The molecule has 0 fully saturated rings. The van der Waals surface area contributed by atoms with Crippen molar-refractivity contribution in [2.24, 2.45) is 5.73 Å². The van der Waals surface area contributed by atoms with E-state index in [9.17, 15) is 4.79 Å². The molecule has 0 saturated carbocycles. The molecule has 0 rings (SSSR count). The van der Waals surface area contributed by atoms with Crippen LogP contribution in [0.5, 0.6) is 0 Å². The molecule has 0 saturated heterocycles. The number of hydrogen-bond donors (Lipinski definition) is 3. The van der Waals surface area contributed by atoms with Crippen LogP contribution in [0, 0.1) is 0 Å². The Morgan fingerprint density at radius 3 is 2.30 bits per heavy atom. The van der Waals surface area contributed by atoms with Crippen LogP contribution in [0.15, 0.2) is 0 Å². The second-order valence-corrected chi connectivity index (χ2v) is 2.78. The molecule has 0 bridgehead atoms. The number of carbonyl (C=O) groups is 1. The Balaban J connectivity index is 4.00. The van der Waals surface area contributed by atoms with Crippen molar-refractivity contribution < 1.29 is 15.0 Å². The lowest BCUT2D eigenvalue weighted by Gasteiger charge is -2.20. The molecule has 0 aromatic heterocycles. The highest BCUT2D eigenvalue weighted by atomic mass is 16.4. The van der Waals surface area contributed by atoms with Crippen LogP contribution in [0.1, 0.15) is 20.3 Å². The first kappa shape index (κ1) is 9.39. The van der Waals surface area contributed by atoms with Gasteiger partial charge in [-0.05, 0) is 13.8 Å². The number of aliphatic hydroxyl groups is 1. The SMILES string of the molecule is CC(O)CC(C)(N)C(=O)O.